The third kappa shape index (κ3) is 4.34. The lowest BCUT2D eigenvalue weighted by Gasteiger charge is -2.41. The van der Waals surface area contributed by atoms with Crippen LogP contribution in [0.1, 0.15) is 12.7 Å². The fourth-order valence-corrected chi connectivity index (χ4v) is 3.68. The summed E-state index contributed by atoms with van der Waals surface area (Å²) in [5.41, 5.74) is 13.6. The number of nitrogens with two attached hydrogens (primary N) is 2. The number of phenols is 1. The molecule has 0 bridgehead atoms. The Labute approximate surface area is 180 Å². The standard InChI is InChI=1S/C22H24N8O/c1-15-14-29(21-8-10-25-20(26-21)7-4-9-23)11-12-30(15)18-13-17(27-28-22(18)24)16-5-2-3-6-19(16)31/h2-3,5-6,8,10,13,15,31H,9,11-12,14,23H2,1H3,(H2,24,28)/t15-/m0/s1. The van der Waals surface area contributed by atoms with Crippen molar-refractivity contribution >= 4 is 17.3 Å². The van der Waals surface area contributed by atoms with Crippen LogP contribution in [0.5, 0.6) is 5.75 Å². The van der Waals surface area contributed by atoms with Gasteiger partial charge in [-0.1, -0.05) is 18.1 Å². The van der Waals surface area contributed by atoms with Gasteiger partial charge in [0.05, 0.1) is 17.9 Å². The van der Waals surface area contributed by atoms with Crippen molar-refractivity contribution in [3.8, 4) is 28.8 Å². The lowest BCUT2D eigenvalue weighted by molar-refractivity contribution is 0.477. The summed E-state index contributed by atoms with van der Waals surface area (Å²) in [6.45, 7) is 4.62. The van der Waals surface area contributed by atoms with Gasteiger partial charge in [0.25, 0.3) is 0 Å². The van der Waals surface area contributed by atoms with Crippen molar-refractivity contribution in [2.24, 2.45) is 5.73 Å². The first kappa shape index (κ1) is 20.4. The van der Waals surface area contributed by atoms with Crippen molar-refractivity contribution in [3.63, 3.8) is 0 Å². The van der Waals surface area contributed by atoms with E-state index in [9.17, 15) is 5.11 Å². The van der Waals surface area contributed by atoms with E-state index in [4.69, 9.17) is 11.5 Å². The van der Waals surface area contributed by atoms with Crippen molar-refractivity contribution in [1.82, 2.24) is 20.2 Å². The molecule has 1 fully saturated rings. The number of aromatic hydroxyl groups is 1. The maximum Gasteiger partial charge on any atom is 0.206 e. The van der Waals surface area contributed by atoms with Crippen LogP contribution in [0.3, 0.4) is 0 Å². The van der Waals surface area contributed by atoms with Crippen LogP contribution in [0.4, 0.5) is 17.3 Å². The fraction of sp³-hybridized carbons (Fsp3) is 0.273. The van der Waals surface area contributed by atoms with Gasteiger partial charge in [0.1, 0.15) is 11.6 Å². The molecule has 1 saturated heterocycles. The summed E-state index contributed by atoms with van der Waals surface area (Å²) >= 11 is 0. The molecule has 9 nitrogen and oxygen atoms in total. The van der Waals surface area contributed by atoms with Crippen LogP contribution in [0.15, 0.2) is 42.6 Å². The van der Waals surface area contributed by atoms with E-state index in [1.165, 1.54) is 0 Å². The first-order valence-corrected chi connectivity index (χ1v) is 10.0. The molecule has 2 aromatic heterocycles. The maximum absolute atomic E-state index is 10.2. The van der Waals surface area contributed by atoms with Crippen LogP contribution in [-0.2, 0) is 0 Å². The molecule has 0 amide bonds. The molecule has 0 spiro atoms. The predicted octanol–water partition coefficient (Wildman–Crippen LogP) is 1.25. The predicted molar refractivity (Wildman–Crippen MR) is 121 cm³/mol. The molecular formula is C22H24N8O. The van der Waals surface area contributed by atoms with E-state index >= 15 is 0 Å². The number of hydrogen-bond acceptors (Lipinski definition) is 9. The lowest BCUT2D eigenvalue weighted by Crippen LogP contribution is -2.52. The molecular weight excluding hydrogens is 392 g/mol. The Kier molecular flexibility index (Phi) is 5.82. The van der Waals surface area contributed by atoms with Gasteiger partial charge < -0.3 is 26.4 Å². The Balaban J connectivity index is 1.56. The van der Waals surface area contributed by atoms with Gasteiger partial charge in [-0.05, 0) is 37.1 Å². The van der Waals surface area contributed by atoms with Gasteiger partial charge in [0, 0.05) is 37.4 Å². The van der Waals surface area contributed by atoms with Gasteiger partial charge in [-0.3, -0.25) is 0 Å². The highest BCUT2D eigenvalue weighted by Crippen LogP contribution is 2.33. The third-order valence-corrected chi connectivity index (χ3v) is 5.19. The second kappa shape index (κ2) is 8.85. The van der Waals surface area contributed by atoms with Crippen LogP contribution in [-0.4, -0.2) is 57.5 Å². The first-order chi connectivity index (χ1) is 15.1. The van der Waals surface area contributed by atoms with Gasteiger partial charge in [-0.25, -0.2) is 9.97 Å². The van der Waals surface area contributed by atoms with Crippen LogP contribution in [0.25, 0.3) is 11.3 Å². The molecule has 3 heterocycles. The molecule has 0 radical (unpaired) electrons. The minimum absolute atomic E-state index is 0.144. The van der Waals surface area contributed by atoms with Gasteiger partial charge in [0.15, 0.2) is 5.82 Å². The zero-order chi connectivity index (χ0) is 21.8. The van der Waals surface area contributed by atoms with Gasteiger partial charge >= 0.3 is 0 Å². The lowest BCUT2D eigenvalue weighted by atomic mass is 10.1. The zero-order valence-corrected chi connectivity index (χ0v) is 17.2. The number of phenolic OH excluding ortho intramolecular Hbond substituents is 1. The average molecular weight is 416 g/mol. The van der Waals surface area contributed by atoms with Crippen molar-refractivity contribution in [3.05, 3.63) is 48.4 Å². The highest BCUT2D eigenvalue weighted by atomic mass is 16.3. The molecule has 9 heteroatoms. The summed E-state index contributed by atoms with van der Waals surface area (Å²) in [4.78, 5) is 13.1. The van der Waals surface area contributed by atoms with E-state index in [-0.39, 0.29) is 18.3 Å². The molecule has 0 unspecified atom stereocenters. The number of aromatic nitrogens is 4. The normalized spacial score (nSPS) is 16.0. The van der Waals surface area contributed by atoms with Crippen LogP contribution in [0.2, 0.25) is 0 Å². The Hall–Kier alpha value is -3.90. The SMILES string of the molecule is C[C@H]1CN(c2ccnc(C#CCN)n2)CCN1c1cc(-c2ccccc2O)nnc1N. The zero-order valence-electron chi connectivity index (χ0n) is 17.2. The quantitative estimate of drug-likeness (QED) is 0.540. The molecule has 0 saturated carbocycles. The molecule has 5 N–H and O–H groups in total. The van der Waals surface area contributed by atoms with Crippen molar-refractivity contribution in [2.75, 3.05) is 41.7 Å². The second-order valence-electron chi connectivity index (χ2n) is 7.25. The van der Waals surface area contributed by atoms with Crippen LogP contribution < -0.4 is 21.3 Å². The number of piperazine rings is 1. The number of hydrogen-bond donors (Lipinski definition) is 3. The smallest absolute Gasteiger partial charge is 0.206 e. The molecule has 4 rings (SSSR count). The monoisotopic (exact) mass is 416 g/mol. The highest BCUT2D eigenvalue weighted by Gasteiger charge is 2.27. The number of nitrogens with zero attached hydrogens (tertiary/aromatic N) is 6. The van der Waals surface area contributed by atoms with Crippen molar-refractivity contribution < 1.29 is 5.11 Å². The molecule has 0 aliphatic carbocycles. The van der Waals surface area contributed by atoms with Crippen molar-refractivity contribution in [2.45, 2.75) is 13.0 Å². The third-order valence-electron chi connectivity index (χ3n) is 5.19. The number of para-hydroxylation sites is 1. The molecule has 1 aromatic carbocycles. The minimum Gasteiger partial charge on any atom is -0.507 e. The molecule has 1 aliphatic heterocycles. The molecule has 31 heavy (non-hydrogen) atoms. The molecule has 3 aromatic rings. The van der Waals surface area contributed by atoms with E-state index in [2.05, 4.69) is 48.7 Å². The largest absolute Gasteiger partial charge is 0.507 e. The summed E-state index contributed by atoms with van der Waals surface area (Å²) in [7, 11) is 0. The van der Waals surface area contributed by atoms with E-state index in [1.807, 2.05) is 18.2 Å². The fourth-order valence-electron chi connectivity index (χ4n) is 3.68. The topological polar surface area (TPSA) is 130 Å². The Morgan fingerprint density at radius 3 is 2.81 bits per heavy atom. The van der Waals surface area contributed by atoms with E-state index in [0.717, 1.165) is 31.1 Å². The van der Waals surface area contributed by atoms with Crippen molar-refractivity contribution in [1.29, 1.82) is 0 Å². The Morgan fingerprint density at radius 2 is 2.03 bits per heavy atom. The maximum atomic E-state index is 10.2. The average Bonchev–Trinajstić information content (AvgIpc) is 2.79. The highest BCUT2D eigenvalue weighted by molar-refractivity contribution is 5.74. The summed E-state index contributed by atoms with van der Waals surface area (Å²) in [6.07, 6.45) is 1.71. The number of benzene rings is 1. The molecule has 1 aliphatic rings. The summed E-state index contributed by atoms with van der Waals surface area (Å²) in [6, 6.07) is 11.0. The Morgan fingerprint density at radius 1 is 1.19 bits per heavy atom. The van der Waals surface area contributed by atoms with E-state index < -0.39 is 0 Å². The molecule has 158 valence electrons. The Bertz CT molecular complexity index is 1140. The number of rotatable bonds is 3. The summed E-state index contributed by atoms with van der Waals surface area (Å²) < 4.78 is 0. The number of anilines is 3. The van der Waals surface area contributed by atoms with Crippen LogP contribution in [0, 0.1) is 11.8 Å². The van der Waals surface area contributed by atoms with Crippen LogP contribution >= 0.6 is 0 Å². The summed E-state index contributed by atoms with van der Waals surface area (Å²) in [5, 5.41) is 18.5. The first-order valence-electron chi connectivity index (χ1n) is 10.0. The van der Waals surface area contributed by atoms with Gasteiger partial charge in [0.2, 0.25) is 5.82 Å². The van der Waals surface area contributed by atoms with Gasteiger partial charge in [-0.2, -0.15) is 0 Å². The van der Waals surface area contributed by atoms with E-state index in [1.54, 1.807) is 24.4 Å². The van der Waals surface area contributed by atoms with Gasteiger partial charge in [-0.15, -0.1) is 10.2 Å². The second-order valence-corrected chi connectivity index (χ2v) is 7.25. The number of nitrogen functional groups attached to an aromatic ring is 1. The minimum atomic E-state index is 0.144. The summed E-state index contributed by atoms with van der Waals surface area (Å²) in [5.74, 6) is 7.47. The molecule has 1 atom stereocenters. The van der Waals surface area contributed by atoms with E-state index in [0.29, 0.717) is 22.9 Å².